The van der Waals surface area contributed by atoms with E-state index in [1.807, 2.05) is 18.2 Å². The Morgan fingerprint density at radius 2 is 1.92 bits per heavy atom. The summed E-state index contributed by atoms with van der Waals surface area (Å²) in [5.74, 6) is 1.30. The van der Waals surface area contributed by atoms with Crippen molar-refractivity contribution in [3.05, 3.63) is 36.2 Å². The van der Waals surface area contributed by atoms with Gasteiger partial charge in [0.25, 0.3) is 0 Å². The Morgan fingerprint density at radius 3 is 2.58 bits per heavy atom. The number of anilines is 1. The van der Waals surface area contributed by atoms with Crippen LogP contribution < -0.4 is 4.90 Å². The molecule has 0 aromatic carbocycles. The summed E-state index contributed by atoms with van der Waals surface area (Å²) in [6.45, 7) is 5.28. The van der Waals surface area contributed by atoms with Gasteiger partial charge >= 0.3 is 0 Å². The fourth-order valence-electron chi connectivity index (χ4n) is 3.30. The highest BCUT2D eigenvalue weighted by molar-refractivity contribution is 5.54. The van der Waals surface area contributed by atoms with Gasteiger partial charge in [0.05, 0.1) is 13.2 Å². The van der Waals surface area contributed by atoms with Gasteiger partial charge in [0.1, 0.15) is 11.5 Å². The average molecular weight is 326 g/mol. The van der Waals surface area contributed by atoms with Crippen LogP contribution in [0.5, 0.6) is 0 Å². The second kappa shape index (κ2) is 6.45. The van der Waals surface area contributed by atoms with Gasteiger partial charge in [-0.25, -0.2) is 9.97 Å². The maximum Gasteiger partial charge on any atom is 0.180 e. The highest BCUT2D eigenvalue weighted by Gasteiger charge is 2.40. The molecule has 6 heteroatoms. The number of rotatable bonds is 3. The summed E-state index contributed by atoms with van der Waals surface area (Å²) >= 11 is 0. The van der Waals surface area contributed by atoms with Crippen LogP contribution in [0.1, 0.15) is 25.5 Å². The van der Waals surface area contributed by atoms with Gasteiger partial charge < -0.3 is 14.4 Å². The molecule has 0 unspecified atom stereocenters. The summed E-state index contributed by atoms with van der Waals surface area (Å²) in [5, 5.41) is 0. The second-order valence-electron chi connectivity index (χ2n) is 6.20. The van der Waals surface area contributed by atoms with Crippen LogP contribution in [0.25, 0.3) is 11.5 Å². The largest absolute Gasteiger partial charge is 0.356 e. The zero-order chi connectivity index (χ0) is 16.4. The molecule has 24 heavy (non-hydrogen) atoms. The van der Waals surface area contributed by atoms with Crippen LogP contribution in [0, 0.1) is 0 Å². The molecule has 0 bridgehead atoms. The van der Waals surface area contributed by atoms with Crippen molar-refractivity contribution in [3.63, 3.8) is 0 Å². The van der Waals surface area contributed by atoms with Crippen molar-refractivity contribution < 1.29 is 9.47 Å². The first-order chi connectivity index (χ1) is 11.8. The molecule has 2 aliphatic heterocycles. The van der Waals surface area contributed by atoms with E-state index < -0.39 is 0 Å². The van der Waals surface area contributed by atoms with Gasteiger partial charge in [0.15, 0.2) is 11.6 Å². The van der Waals surface area contributed by atoms with Crippen LogP contribution in [-0.2, 0) is 15.9 Å². The third-order valence-electron chi connectivity index (χ3n) is 4.68. The van der Waals surface area contributed by atoms with Gasteiger partial charge in [-0.1, -0.05) is 13.0 Å². The maximum atomic E-state index is 5.81. The molecule has 0 amide bonds. The van der Waals surface area contributed by atoms with E-state index in [1.165, 1.54) is 0 Å². The van der Waals surface area contributed by atoms with Gasteiger partial charge in [-0.2, -0.15) is 0 Å². The fraction of sp³-hybridized carbons (Fsp3) is 0.500. The number of nitrogens with zero attached hydrogens (tertiary/aromatic N) is 4. The summed E-state index contributed by atoms with van der Waals surface area (Å²) in [5.41, 5.74) is 1.85. The van der Waals surface area contributed by atoms with E-state index in [1.54, 1.807) is 6.20 Å². The second-order valence-corrected chi connectivity index (χ2v) is 6.20. The number of aromatic nitrogens is 3. The normalized spacial score (nSPS) is 19.8. The van der Waals surface area contributed by atoms with E-state index in [9.17, 15) is 0 Å². The molecule has 0 N–H and O–H groups in total. The molecule has 1 spiro atoms. The van der Waals surface area contributed by atoms with Crippen LogP contribution in [0.3, 0.4) is 0 Å². The lowest BCUT2D eigenvalue weighted by Crippen LogP contribution is -2.45. The Hall–Kier alpha value is -2.05. The average Bonchev–Trinajstić information content (AvgIpc) is 3.10. The minimum Gasteiger partial charge on any atom is -0.356 e. The van der Waals surface area contributed by atoms with E-state index in [4.69, 9.17) is 14.5 Å². The molecule has 0 saturated carbocycles. The minimum absolute atomic E-state index is 0.360. The number of hydrogen-bond donors (Lipinski definition) is 0. The number of ether oxygens (including phenoxy) is 2. The Bertz CT molecular complexity index is 691. The standard InChI is InChI=1S/C18H22N4O2/c1-2-14-13-16(21-17(20-14)15-5-3-4-8-19-15)22-9-6-18(7-10-22)23-11-12-24-18/h3-5,8,13H,2,6-7,9-12H2,1H3. The molecule has 0 radical (unpaired) electrons. The molecule has 0 aliphatic carbocycles. The number of aryl methyl sites for hydroxylation is 1. The lowest BCUT2D eigenvalue weighted by molar-refractivity contribution is -0.169. The predicted octanol–water partition coefficient (Wildman–Crippen LogP) is 2.44. The first-order valence-corrected chi connectivity index (χ1v) is 8.60. The zero-order valence-corrected chi connectivity index (χ0v) is 13.9. The molecule has 6 nitrogen and oxygen atoms in total. The molecule has 2 aromatic rings. The van der Waals surface area contributed by atoms with Gasteiger partial charge in [0.2, 0.25) is 0 Å². The predicted molar refractivity (Wildman–Crippen MR) is 90.7 cm³/mol. The SMILES string of the molecule is CCc1cc(N2CCC3(CC2)OCCO3)nc(-c2ccccn2)n1. The third-order valence-corrected chi connectivity index (χ3v) is 4.68. The van der Waals surface area contributed by atoms with Crippen molar-refractivity contribution in [1.29, 1.82) is 0 Å². The van der Waals surface area contributed by atoms with Crippen molar-refractivity contribution in [1.82, 2.24) is 15.0 Å². The molecule has 126 valence electrons. The smallest absolute Gasteiger partial charge is 0.180 e. The Morgan fingerprint density at radius 1 is 1.12 bits per heavy atom. The summed E-state index contributed by atoms with van der Waals surface area (Å²) in [4.78, 5) is 16.1. The van der Waals surface area contributed by atoms with Crippen molar-refractivity contribution in [2.24, 2.45) is 0 Å². The van der Waals surface area contributed by atoms with Crippen LogP contribution in [0.2, 0.25) is 0 Å². The molecular formula is C18H22N4O2. The van der Waals surface area contributed by atoms with Gasteiger partial charge in [0, 0.05) is 43.9 Å². The first kappa shape index (κ1) is 15.5. The number of piperidine rings is 1. The lowest BCUT2D eigenvalue weighted by Gasteiger charge is -2.38. The van der Waals surface area contributed by atoms with E-state index in [0.717, 1.165) is 49.6 Å². The monoisotopic (exact) mass is 326 g/mol. The van der Waals surface area contributed by atoms with E-state index >= 15 is 0 Å². The van der Waals surface area contributed by atoms with E-state index in [2.05, 4.69) is 27.9 Å². The molecule has 4 heterocycles. The van der Waals surface area contributed by atoms with Crippen molar-refractivity contribution in [2.75, 3.05) is 31.2 Å². The summed E-state index contributed by atoms with van der Waals surface area (Å²) in [6, 6.07) is 7.90. The molecule has 2 aromatic heterocycles. The lowest BCUT2D eigenvalue weighted by atomic mass is 10.0. The van der Waals surface area contributed by atoms with Crippen molar-refractivity contribution in [3.8, 4) is 11.5 Å². The molecule has 0 atom stereocenters. The molecule has 2 aliphatic rings. The molecule has 2 saturated heterocycles. The van der Waals surface area contributed by atoms with E-state index in [0.29, 0.717) is 19.0 Å². The highest BCUT2D eigenvalue weighted by Crippen LogP contribution is 2.33. The first-order valence-electron chi connectivity index (χ1n) is 8.60. The third kappa shape index (κ3) is 2.99. The van der Waals surface area contributed by atoms with Crippen LogP contribution in [0.15, 0.2) is 30.5 Å². The number of hydrogen-bond acceptors (Lipinski definition) is 6. The molecule has 2 fully saturated rings. The Labute approximate surface area is 141 Å². The summed E-state index contributed by atoms with van der Waals surface area (Å²) < 4.78 is 11.6. The Kier molecular flexibility index (Phi) is 4.16. The topological polar surface area (TPSA) is 60.4 Å². The van der Waals surface area contributed by atoms with Gasteiger partial charge in [-0.05, 0) is 18.6 Å². The minimum atomic E-state index is -0.360. The molecular weight excluding hydrogens is 304 g/mol. The van der Waals surface area contributed by atoms with Crippen LogP contribution in [-0.4, -0.2) is 47.0 Å². The van der Waals surface area contributed by atoms with Crippen LogP contribution >= 0.6 is 0 Å². The van der Waals surface area contributed by atoms with Crippen LogP contribution in [0.4, 0.5) is 5.82 Å². The quantitative estimate of drug-likeness (QED) is 0.863. The molecule has 4 rings (SSSR count). The highest BCUT2D eigenvalue weighted by atomic mass is 16.7. The van der Waals surface area contributed by atoms with Crippen molar-refractivity contribution in [2.45, 2.75) is 32.0 Å². The summed E-state index contributed by atoms with van der Waals surface area (Å²) in [6.07, 6.45) is 4.39. The van der Waals surface area contributed by atoms with Gasteiger partial charge in [-0.3, -0.25) is 4.98 Å². The Balaban J connectivity index is 1.59. The zero-order valence-electron chi connectivity index (χ0n) is 13.9. The van der Waals surface area contributed by atoms with E-state index in [-0.39, 0.29) is 5.79 Å². The summed E-state index contributed by atoms with van der Waals surface area (Å²) in [7, 11) is 0. The van der Waals surface area contributed by atoms with Gasteiger partial charge in [-0.15, -0.1) is 0 Å². The fourth-order valence-corrected chi connectivity index (χ4v) is 3.30. The maximum absolute atomic E-state index is 5.81. The van der Waals surface area contributed by atoms with Crippen molar-refractivity contribution >= 4 is 5.82 Å². The number of pyridine rings is 1.